The Bertz CT molecular complexity index is 977. The van der Waals surface area contributed by atoms with Crippen molar-refractivity contribution in [2.45, 2.75) is 96.7 Å². The van der Waals surface area contributed by atoms with Crippen LogP contribution in [0.15, 0.2) is 5.57 Å². The first kappa shape index (κ1) is 27.9. The molecule has 0 radical (unpaired) electrons. The van der Waals surface area contributed by atoms with E-state index in [1.165, 1.54) is 43.2 Å². The van der Waals surface area contributed by atoms with Crippen molar-refractivity contribution in [3.05, 3.63) is 16.8 Å². The van der Waals surface area contributed by atoms with Crippen LogP contribution in [-0.2, 0) is 11.2 Å². The third kappa shape index (κ3) is 6.20. The molecular weight excluding hydrogens is 472 g/mol. The van der Waals surface area contributed by atoms with E-state index in [4.69, 9.17) is 14.7 Å². The molecule has 7 nitrogen and oxygen atoms in total. The third-order valence-corrected chi connectivity index (χ3v) is 9.68. The van der Waals surface area contributed by atoms with Crippen LogP contribution in [0.3, 0.4) is 0 Å². The molecular formula is C31H52N6O. The molecule has 0 aromatic carbocycles. The van der Waals surface area contributed by atoms with E-state index < -0.39 is 0 Å². The first-order valence-electron chi connectivity index (χ1n) is 15.3. The van der Waals surface area contributed by atoms with Gasteiger partial charge in [-0.2, -0.15) is 4.98 Å². The van der Waals surface area contributed by atoms with Gasteiger partial charge in [0.05, 0.1) is 11.8 Å². The van der Waals surface area contributed by atoms with E-state index in [9.17, 15) is 0 Å². The number of methoxy groups -OCH3 is 1. The molecule has 212 valence electrons. The van der Waals surface area contributed by atoms with Crippen molar-refractivity contribution in [2.75, 3.05) is 64.1 Å². The van der Waals surface area contributed by atoms with Gasteiger partial charge in [-0.1, -0.05) is 19.8 Å². The minimum absolute atomic E-state index is 0.0958. The summed E-state index contributed by atoms with van der Waals surface area (Å²) in [5.41, 5.74) is 4.24. The van der Waals surface area contributed by atoms with Crippen LogP contribution < -0.4 is 10.2 Å². The lowest BCUT2D eigenvalue weighted by Crippen LogP contribution is -2.42. The van der Waals surface area contributed by atoms with Crippen LogP contribution in [0.5, 0.6) is 0 Å². The lowest BCUT2D eigenvalue weighted by molar-refractivity contribution is 0.125. The lowest BCUT2D eigenvalue weighted by atomic mass is 9.86. The van der Waals surface area contributed by atoms with E-state index in [2.05, 4.69) is 61.0 Å². The Kier molecular flexibility index (Phi) is 8.66. The maximum absolute atomic E-state index is 6.06. The number of fused-ring (bicyclic) bond motifs is 1. The second-order valence-corrected chi connectivity index (χ2v) is 13.4. The van der Waals surface area contributed by atoms with Crippen molar-refractivity contribution in [2.24, 2.45) is 11.3 Å². The van der Waals surface area contributed by atoms with Crippen molar-refractivity contribution in [1.82, 2.24) is 19.8 Å². The Morgan fingerprint density at radius 2 is 1.82 bits per heavy atom. The smallest absolute Gasteiger partial charge is 0.227 e. The van der Waals surface area contributed by atoms with E-state index in [-0.39, 0.29) is 6.10 Å². The van der Waals surface area contributed by atoms with Crippen LogP contribution in [0.4, 0.5) is 11.8 Å². The summed E-state index contributed by atoms with van der Waals surface area (Å²) in [6.45, 7) is 12.5. The van der Waals surface area contributed by atoms with Gasteiger partial charge in [-0.15, -0.1) is 0 Å². The van der Waals surface area contributed by atoms with Gasteiger partial charge >= 0.3 is 0 Å². The van der Waals surface area contributed by atoms with Gasteiger partial charge < -0.3 is 24.8 Å². The van der Waals surface area contributed by atoms with Crippen molar-refractivity contribution in [3.63, 3.8) is 0 Å². The largest absolute Gasteiger partial charge is 0.377 e. The summed E-state index contributed by atoms with van der Waals surface area (Å²) in [5, 5.41) is 3.92. The Balaban J connectivity index is 1.43. The average molecular weight is 525 g/mol. The Morgan fingerprint density at radius 3 is 2.47 bits per heavy atom. The maximum atomic E-state index is 6.06. The van der Waals surface area contributed by atoms with E-state index in [1.807, 2.05) is 7.11 Å². The molecule has 1 spiro atoms. The fourth-order valence-corrected chi connectivity index (χ4v) is 7.56. The quantitative estimate of drug-likeness (QED) is 0.484. The number of nitrogens with zero attached hydrogens (tertiary/aromatic N) is 5. The van der Waals surface area contributed by atoms with E-state index in [0.29, 0.717) is 23.4 Å². The minimum Gasteiger partial charge on any atom is -0.377 e. The summed E-state index contributed by atoms with van der Waals surface area (Å²) in [4.78, 5) is 17.9. The number of piperidine rings is 1. The summed E-state index contributed by atoms with van der Waals surface area (Å²) in [7, 11) is 6.17. The summed E-state index contributed by atoms with van der Waals surface area (Å²) in [5.74, 6) is 2.56. The number of hydrogen-bond acceptors (Lipinski definition) is 7. The number of nitrogens with one attached hydrogen (secondary N) is 1. The zero-order chi connectivity index (χ0) is 26.9. The molecule has 2 saturated heterocycles. The average Bonchev–Trinajstić information content (AvgIpc) is 3.53. The topological polar surface area (TPSA) is 56.8 Å². The first-order valence-corrected chi connectivity index (χ1v) is 15.3. The Hall–Kier alpha value is -1.70. The van der Waals surface area contributed by atoms with Crippen LogP contribution in [-0.4, -0.2) is 91.9 Å². The van der Waals surface area contributed by atoms with E-state index in [1.54, 1.807) is 0 Å². The molecule has 7 heteroatoms. The molecule has 2 unspecified atom stereocenters. The number of aromatic nitrogens is 2. The highest BCUT2D eigenvalue weighted by Crippen LogP contribution is 2.46. The molecule has 0 amide bonds. The van der Waals surface area contributed by atoms with Gasteiger partial charge in [-0.05, 0) is 89.4 Å². The first-order chi connectivity index (χ1) is 18.2. The normalized spacial score (nSPS) is 24.9. The standard InChI is InChI=1S/C31H52N6O/c1-22(2)36-14-9-25(10-15-36)32-29-26-19-28(38-6)24(17-23(3)20-35(4)5)18-27(26)33-30(34-29)37-16-13-31(21-37)11-7-8-12-31/h18,22-23,25,28H,7-17,19-21H2,1-6H3,(H,32,33,34). The monoisotopic (exact) mass is 524 g/mol. The third-order valence-electron chi connectivity index (χ3n) is 9.68. The molecule has 4 aliphatic rings. The number of hydrogen-bond donors (Lipinski definition) is 1. The molecule has 1 N–H and O–H groups in total. The molecule has 5 rings (SSSR count). The van der Waals surface area contributed by atoms with Crippen molar-refractivity contribution < 1.29 is 4.74 Å². The molecule has 3 heterocycles. The highest BCUT2D eigenvalue weighted by molar-refractivity contribution is 5.66. The number of ether oxygens (including phenoxy) is 1. The summed E-state index contributed by atoms with van der Waals surface area (Å²) < 4.78 is 6.06. The van der Waals surface area contributed by atoms with Crippen LogP contribution >= 0.6 is 0 Å². The molecule has 3 fully saturated rings. The molecule has 2 atom stereocenters. The van der Waals surface area contributed by atoms with Crippen molar-refractivity contribution in [3.8, 4) is 0 Å². The summed E-state index contributed by atoms with van der Waals surface area (Å²) in [6, 6.07) is 1.08. The lowest BCUT2D eigenvalue weighted by Gasteiger charge is -2.36. The second-order valence-electron chi connectivity index (χ2n) is 13.4. The van der Waals surface area contributed by atoms with Gasteiger partial charge in [-0.25, -0.2) is 4.98 Å². The SMILES string of the molecule is COC1Cc2c(nc(N3CCC4(CCCC4)C3)nc2NC2CCN(C(C)C)CC2)C=C1CC(C)CN(C)C. The predicted octanol–water partition coefficient (Wildman–Crippen LogP) is 5.07. The van der Waals surface area contributed by atoms with Gasteiger partial charge in [-0.3, -0.25) is 0 Å². The molecule has 0 bridgehead atoms. The van der Waals surface area contributed by atoms with E-state index >= 15 is 0 Å². The van der Waals surface area contributed by atoms with Crippen LogP contribution in [0, 0.1) is 11.3 Å². The van der Waals surface area contributed by atoms with Gasteiger partial charge in [0.15, 0.2) is 0 Å². The van der Waals surface area contributed by atoms with Gasteiger partial charge in [0.2, 0.25) is 5.95 Å². The van der Waals surface area contributed by atoms with Crippen molar-refractivity contribution in [1.29, 1.82) is 0 Å². The summed E-state index contributed by atoms with van der Waals surface area (Å²) in [6.07, 6.45) is 13.5. The minimum atomic E-state index is 0.0958. The van der Waals surface area contributed by atoms with E-state index in [0.717, 1.165) is 75.9 Å². The number of rotatable bonds is 9. The molecule has 1 aromatic rings. The second kappa shape index (κ2) is 11.8. The van der Waals surface area contributed by atoms with Crippen molar-refractivity contribution >= 4 is 17.8 Å². The zero-order valence-electron chi connectivity index (χ0n) is 24.9. The summed E-state index contributed by atoms with van der Waals surface area (Å²) >= 11 is 0. The fraction of sp³-hybridized carbons (Fsp3) is 0.806. The Morgan fingerprint density at radius 1 is 1.08 bits per heavy atom. The zero-order valence-corrected chi connectivity index (χ0v) is 24.9. The van der Waals surface area contributed by atoms with Crippen LogP contribution in [0.25, 0.3) is 6.08 Å². The fourth-order valence-electron chi connectivity index (χ4n) is 7.56. The number of likely N-dealkylation sites (tertiary alicyclic amines) is 1. The van der Waals surface area contributed by atoms with Gasteiger partial charge in [0.1, 0.15) is 5.82 Å². The van der Waals surface area contributed by atoms with Gasteiger partial charge in [0.25, 0.3) is 0 Å². The van der Waals surface area contributed by atoms with Crippen LogP contribution in [0.2, 0.25) is 0 Å². The van der Waals surface area contributed by atoms with Gasteiger partial charge in [0, 0.05) is 63.9 Å². The highest BCUT2D eigenvalue weighted by Gasteiger charge is 2.41. The van der Waals surface area contributed by atoms with Crippen LogP contribution in [0.1, 0.15) is 83.4 Å². The molecule has 2 aliphatic heterocycles. The predicted molar refractivity (Wildman–Crippen MR) is 158 cm³/mol. The number of anilines is 2. The highest BCUT2D eigenvalue weighted by atomic mass is 16.5. The maximum Gasteiger partial charge on any atom is 0.227 e. The molecule has 2 aliphatic carbocycles. The Labute approximate surface area is 231 Å². The molecule has 1 aromatic heterocycles. The molecule has 38 heavy (non-hydrogen) atoms. The molecule has 1 saturated carbocycles.